The lowest BCUT2D eigenvalue weighted by Gasteiger charge is -2.19. The van der Waals surface area contributed by atoms with E-state index in [1.807, 2.05) is 67.6 Å². The minimum absolute atomic E-state index is 0.177. The van der Waals surface area contributed by atoms with Crippen molar-refractivity contribution in [1.29, 1.82) is 0 Å². The smallest absolute Gasteiger partial charge is 0.253 e. The normalized spacial score (nSPS) is 10.4. The number of carbonyl (C=O) groups excluding carboxylic acids is 2. The molecule has 0 spiro atoms. The van der Waals surface area contributed by atoms with Gasteiger partial charge in [0.25, 0.3) is 5.91 Å². The maximum Gasteiger partial charge on any atom is 0.253 e. The molecule has 0 aliphatic heterocycles. The molecule has 4 nitrogen and oxygen atoms in total. The first-order valence-electron chi connectivity index (χ1n) is 8.98. The van der Waals surface area contributed by atoms with Crippen LogP contribution in [0.4, 0.5) is 5.69 Å². The number of nitrogens with one attached hydrogen (secondary N) is 2. The number of carbonyl (C=O) groups is 2. The van der Waals surface area contributed by atoms with Crippen LogP contribution in [0.3, 0.4) is 0 Å². The van der Waals surface area contributed by atoms with Gasteiger partial charge in [0.05, 0.1) is 17.2 Å². The molecule has 0 aliphatic rings. The van der Waals surface area contributed by atoms with Crippen LogP contribution in [-0.2, 0) is 4.79 Å². The lowest BCUT2D eigenvalue weighted by molar-refractivity contribution is -0.116. The molecule has 2 amide bonds. The zero-order chi connectivity index (χ0) is 19.1. The zero-order valence-corrected chi connectivity index (χ0v) is 15.2. The highest BCUT2D eigenvalue weighted by Crippen LogP contribution is 2.27. The topological polar surface area (TPSA) is 58.2 Å². The van der Waals surface area contributed by atoms with E-state index in [4.69, 9.17) is 0 Å². The summed E-state index contributed by atoms with van der Waals surface area (Å²) in [7, 11) is 0. The zero-order valence-electron chi connectivity index (χ0n) is 15.2. The average Bonchev–Trinajstić information content (AvgIpc) is 2.70. The van der Waals surface area contributed by atoms with Crippen LogP contribution in [0.1, 0.15) is 34.3 Å². The van der Waals surface area contributed by atoms with Crippen molar-refractivity contribution >= 4 is 17.5 Å². The molecule has 0 radical (unpaired) electrons. The third-order valence-corrected chi connectivity index (χ3v) is 4.29. The summed E-state index contributed by atoms with van der Waals surface area (Å²) < 4.78 is 0. The highest BCUT2D eigenvalue weighted by molar-refractivity contribution is 6.05. The van der Waals surface area contributed by atoms with Gasteiger partial charge in [0.1, 0.15) is 0 Å². The van der Waals surface area contributed by atoms with Gasteiger partial charge in [-0.15, -0.1) is 0 Å². The Kier molecular flexibility index (Phi) is 6.00. The molecule has 0 bridgehead atoms. The van der Waals surface area contributed by atoms with E-state index >= 15 is 0 Å². The minimum Gasteiger partial charge on any atom is -0.352 e. The van der Waals surface area contributed by atoms with Crippen LogP contribution < -0.4 is 10.6 Å². The fraction of sp³-hybridized carbons (Fsp3) is 0.130. The van der Waals surface area contributed by atoms with Crippen LogP contribution in [0.15, 0.2) is 84.9 Å². The van der Waals surface area contributed by atoms with E-state index in [1.54, 1.807) is 24.3 Å². The molecule has 0 saturated carbocycles. The van der Waals surface area contributed by atoms with Gasteiger partial charge in [-0.1, -0.05) is 72.8 Å². The summed E-state index contributed by atoms with van der Waals surface area (Å²) in [5, 5.41) is 5.72. The Hall–Kier alpha value is -3.40. The molecule has 4 heteroatoms. The van der Waals surface area contributed by atoms with Gasteiger partial charge in [-0.25, -0.2) is 0 Å². The van der Waals surface area contributed by atoms with Crippen molar-refractivity contribution in [3.63, 3.8) is 0 Å². The van der Waals surface area contributed by atoms with Crippen molar-refractivity contribution < 1.29 is 9.59 Å². The Bertz CT molecular complexity index is 868. The molecule has 3 aromatic rings. The summed E-state index contributed by atoms with van der Waals surface area (Å²) in [6.07, 6.45) is 0. The molecule has 2 N–H and O–H groups in total. The Balaban J connectivity index is 1.94. The first-order chi connectivity index (χ1) is 13.2. The average molecular weight is 358 g/mol. The molecule has 27 heavy (non-hydrogen) atoms. The Labute approximate surface area is 159 Å². The van der Waals surface area contributed by atoms with Crippen molar-refractivity contribution in [3.05, 3.63) is 102 Å². The summed E-state index contributed by atoms with van der Waals surface area (Å²) >= 11 is 0. The number of hydrogen-bond acceptors (Lipinski definition) is 2. The molecule has 0 saturated heterocycles. The third-order valence-electron chi connectivity index (χ3n) is 4.29. The van der Waals surface area contributed by atoms with E-state index in [1.165, 1.54) is 0 Å². The first kappa shape index (κ1) is 18.4. The van der Waals surface area contributed by atoms with Gasteiger partial charge in [0.15, 0.2) is 0 Å². The van der Waals surface area contributed by atoms with E-state index in [0.717, 1.165) is 11.1 Å². The van der Waals surface area contributed by atoms with Gasteiger partial charge in [-0.3, -0.25) is 9.59 Å². The number of rotatable bonds is 6. The molecule has 3 rings (SSSR count). The molecule has 0 fully saturated rings. The highest BCUT2D eigenvalue weighted by Gasteiger charge is 2.24. The highest BCUT2D eigenvalue weighted by atomic mass is 16.2. The number of hydrogen-bond donors (Lipinski definition) is 2. The third kappa shape index (κ3) is 4.42. The fourth-order valence-corrected chi connectivity index (χ4v) is 3.04. The van der Waals surface area contributed by atoms with E-state index in [0.29, 0.717) is 17.8 Å². The fourth-order valence-electron chi connectivity index (χ4n) is 3.04. The van der Waals surface area contributed by atoms with Gasteiger partial charge in [-0.2, -0.15) is 0 Å². The van der Waals surface area contributed by atoms with Gasteiger partial charge >= 0.3 is 0 Å². The number of benzene rings is 3. The van der Waals surface area contributed by atoms with Gasteiger partial charge in [0, 0.05) is 6.54 Å². The standard InChI is InChI=1S/C23H22N2O2/c1-2-24-22(26)19-15-9-10-16-20(19)25-23(27)21(17-11-5-3-6-12-17)18-13-7-4-8-14-18/h3-16,21H,2H2,1H3,(H,24,26)(H,25,27). The Morgan fingerprint density at radius 1 is 0.778 bits per heavy atom. The molecule has 0 unspecified atom stereocenters. The lowest BCUT2D eigenvalue weighted by Crippen LogP contribution is -2.27. The molecule has 3 aromatic carbocycles. The van der Waals surface area contributed by atoms with Gasteiger partial charge in [-0.05, 0) is 30.2 Å². The summed E-state index contributed by atoms with van der Waals surface area (Å²) in [4.78, 5) is 25.5. The van der Waals surface area contributed by atoms with Crippen LogP contribution in [-0.4, -0.2) is 18.4 Å². The molecular weight excluding hydrogens is 336 g/mol. The monoisotopic (exact) mass is 358 g/mol. The van der Waals surface area contributed by atoms with Crippen LogP contribution in [0.2, 0.25) is 0 Å². The molecule has 136 valence electrons. The van der Waals surface area contributed by atoms with Crippen molar-refractivity contribution in [3.8, 4) is 0 Å². The predicted octanol–water partition coefficient (Wildman–Crippen LogP) is 4.21. The SMILES string of the molecule is CCNC(=O)c1ccccc1NC(=O)C(c1ccccc1)c1ccccc1. The first-order valence-corrected chi connectivity index (χ1v) is 8.98. The van der Waals surface area contributed by atoms with Crippen molar-refractivity contribution in [1.82, 2.24) is 5.32 Å². The second kappa shape index (κ2) is 8.81. The molecule has 0 atom stereocenters. The summed E-state index contributed by atoms with van der Waals surface area (Å²) in [6.45, 7) is 2.39. The minimum atomic E-state index is -0.463. The van der Waals surface area contributed by atoms with Gasteiger partial charge in [0.2, 0.25) is 5.91 Å². The summed E-state index contributed by atoms with van der Waals surface area (Å²) in [5.74, 6) is -0.844. The second-order valence-corrected chi connectivity index (χ2v) is 6.15. The summed E-state index contributed by atoms with van der Waals surface area (Å²) in [5.41, 5.74) is 2.76. The van der Waals surface area contributed by atoms with Crippen LogP contribution in [0.5, 0.6) is 0 Å². The Morgan fingerprint density at radius 2 is 1.30 bits per heavy atom. The van der Waals surface area contributed by atoms with E-state index in [-0.39, 0.29) is 11.8 Å². The molecule has 0 aromatic heterocycles. The van der Waals surface area contributed by atoms with E-state index in [2.05, 4.69) is 10.6 Å². The van der Waals surface area contributed by atoms with E-state index < -0.39 is 5.92 Å². The predicted molar refractivity (Wildman–Crippen MR) is 108 cm³/mol. The summed E-state index contributed by atoms with van der Waals surface area (Å²) in [6, 6.07) is 26.3. The number of amides is 2. The number of para-hydroxylation sites is 1. The maximum absolute atomic E-state index is 13.2. The van der Waals surface area contributed by atoms with Crippen molar-refractivity contribution in [2.24, 2.45) is 0 Å². The lowest BCUT2D eigenvalue weighted by atomic mass is 9.90. The second-order valence-electron chi connectivity index (χ2n) is 6.15. The molecule has 0 heterocycles. The van der Waals surface area contributed by atoms with Crippen molar-refractivity contribution in [2.45, 2.75) is 12.8 Å². The number of anilines is 1. The largest absolute Gasteiger partial charge is 0.352 e. The van der Waals surface area contributed by atoms with Crippen LogP contribution in [0.25, 0.3) is 0 Å². The van der Waals surface area contributed by atoms with Gasteiger partial charge < -0.3 is 10.6 Å². The quantitative estimate of drug-likeness (QED) is 0.693. The van der Waals surface area contributed by atoms with E-state index in [9.17, 15) is 9.59 Å². The molecule has 0 aliphatic carbocycles. The molecular formula is C23H22N2O2. The Morgan fingerprint density at radius 3 is 1.85 bits per heavy atom. The van der Waals surface area contributed by atoms with Crippen LogP contribution >= 0.6 is 0 Å². The van der Waals surface area contributed by atoms with Crippen molar-refractivity contribution in [2.75, 3.05) is 11.9 Å². The maximum atomic E-state index is 13.2. The van der Waals surface area contributed by atoms with Crippen LogP contribution in [0, 0.1) is 0 Å².